The zero-order chi connectivity index (χ0) is 19.6. The van der Waals surface area contributed by atoms with Crippen LogP contribution in [0.1, 0.15) is 21.1 Å². The van der Waals surface area contributed by atoms with Crippen molar-refractivity contribution in [3.8, 4) is 10.6 Å². The molecule has 2 N–H and O–H groups in total. The van der Waals surface area contributed by atoms with E-state index in [-0.39, 0.29) is 5.56 Å². The van der Waals surface area contributed by atoms with E-state index < -0.39 is 18.6 Å². The molecule has 0 saturated carbocycles. The number of nitrogens with zero attached hydrogens (tertiary/aromatic N) is 3. The summed E-state index contributed by atoms with van der Waals surface area (Å²) in [6.45, 7) is 2.47. The summed E-state index contributed by atoms with van der Waals surface area (Å²) in [5.41, 5.74) is 1.77. The highest BCUT2D eigenvalue weighted by Gasteiger charge is 2.27. The van der Waals surface area contributed by atoms with E-state index in [1.165, 1.54) is 29.7 Å². The van der Waals surface area contributed by atoms with Crippen molar-refractivity contribution in [2.45, 2.75) is 20.0 Å². The zero-order valence-corrected chi connectivity index (χ0v) is 15.8. The molecule has 3 rings (SSSR count). The van der Waals surface area contributed by atoms with Gasteiger partial charge in [-0.1, -0.05) is 0 Å². The number of halogens is 3. The fraction of sp³-hybridized carbons (Fsp3) is 0.250. The van der Waals surface area contributed by atoms with Gasteiger partial charge in [-0.25, -0.2) is 15.0 Å². The van der Waals surface area contributed by atoms with Crippen LogP contribution < -0.4 is 10.6 Å². The summed E-state index contributed by atoms with van der Waals surface area (Å²) >= 11 is 2.95. The fourth-order valence-corrected chi connectivity index (χ4v) is 3.86. The molecule has 1 amide bonds. The third kappa shape index (κ3) is 5.01. The van der Waals surface area contributed by atoms with E-state index in [0.717, 1.165) is 21.3 Å². The van der Waals surface area contributed by atoms with E-state index >= 15 is 0 Å². The number of hydrogen-bond donors (Lipinski definition) is 2. The molecule has 0 fully saturated rings. The minimum atomic E-state index is -4.46. The summed E-state index contributed by atoms with van der Waals surface area (Å²) in [7, 11) is 0. The molecule has 142 valence electrons. The predicted molar refractivity (Wildman–Crippen MR) is 98.6 cm³/mol. The molecule has 3 heterocycles. The molecule has 0 radical (unpaired) electrons. The number of rotatable bonds is 5. The lowest BCUT2D eigenvalue weighted by atomic mass is 10.2. The molecule has 0 bridgehead atoms. The van der Waals surface area contributed by atoms with Crippen LogP contribution in [0.15, 0.2) is 23.7 Å². The molecule has 0 spiro atoms. The molecule has 0 aliphatic carbocycles. The van der Waals surface area contributed by atoms with Crippen molar-refractivity contribution in [2.75, 3.05) is 11.9 Å². The third-order valence-corrected chi connectivity index (χ3v) is 5.20. The van der Waals surface area contributed by atoms with Crippen molar-refractivity contribution < 1.29 is 18.0 Å². The Balaban J connectivity index is 1.65. The average molecular weight is 413 g/mol. The van der Waals surface area contributed by atoms with Crippen molar-refractivity contribution in [3.05, 3.63) is 40.0 Å². The van der Waals surface area contributed by atoms with Gasteiger partial charge in [-0.05, 0) is 26.0 Å². The first-order valence-electron chi connectivity index (χ1n) is 7.69. The second-order valence-electron chi connectivity index (χ2n) is 5.54. The molecular formula is C16H14F3N5OS2. The van der Waals surface area contributed by atoms with Gasteiger partial charge in [0, 0.05) is 11.6 Å². The van der Waals surface area contributed by atoms with Gasteiger partial charge in [-0.3, -0.25) is 4.79 Å². The van der Waals surface area contributed by atoms with Crippen LogP contribution in [0.5, 0.6) is 0 Å². The maximum absolute atomic E-state index is 12.1. The monoisotopic (exact) mass is 413 g/mol. The first kappa shape index (κ1) is 19.2. The van der Waals surface area contributed by atoms with E-state index in [4.69, 9.17) is 0 Å². The number of aromatic nitrogens is 3. The number of aryl methyl sites for hydroxylation is 2. The number of alkyl halides is 3. The van der Waals surface area contributed by atoms with Gasteiger partial charge >= 0.3 is 6.18 Å². The highest BCUT2D eigenvalue weighted by atomic mass is 32.1. The molecule has 0 unspecified atom stereocenters. The highest BCUT2D eigenvalue weighted by Crippen LogP contribution is 2.32. The second-order valence-corrected chi connectivity index (χ2v) is 7.60. The molecule has 0 aliphatic rings. The van der Waals surface area contributed by atoms with Gasteiger partial charge < -0.3 is 10.6 Å². The number of carbonyl (C=O) groups is 1. The van der Waals surface area contributed by atoms with Crippen molar-refractivity contribution in [1.82, 2.24) is 20.3 Å². The first-order valence-corrected chi connectivity index (χ1v) is 9.39. The lowest BCUT2D eigenvalue weighted by Crippen LogP contribution is -2.33. The fourth-order valence-electron chi connectivity index (χ4n) is 2.20. The largest absolute Gasteiger partial charge is 0.405 e. The Bertz CT molecular complexity index is 950. The maximum atomic E-state index is 12.1. The molecular weight excluding hydrogens is 399 g/mol. The third-order valence-electron chi connectivity index (χ3n) is 3.35. The lowest BCUT2D eigenvalue weighted by molar-refractivity contribution is -0.123. The number of pyridine rings is 1. The number of anilines is 2. The summed E-state index contributed by atoms with van der Waals surface area (Å²) in [5, 5.41) is 8.29. The van der Waals surface area contributed by atoms with Crippen molar-refractivity contribution in [2.24, 2.45) is 0 Å². The lowest BCUT2D eigenvalue weighted by Gasteiger charge is -2.08. The Morgan fingerprint density at radius 2 is 2.00 bits per heavy atom. The number of thiazole rings is 2. The molecule has 11 heteroatoms. The quantitative estimate of drug-likeness (QED) is 0.651. The minimum Gasteiger partial charge on any atom is -0.343 e. The summed E-state index contributed by atoms with van der Waals surface area (Å²) < 4.78 is 36.4. The standard InChI is InChI=1S/C16H14F3N5OS2/c1-8-13(27-9(2)22-8)11-6-26-15(23-11)24-12-4-3-10(5-20-12)14(25)21-7-16(17,18)19/h3-6H,7H2,1-2H3,(H,21,25)(H,20,23,24). The topological polar surface area (TPSA) is 79.8 Å². The molecule has 0 atom stereocenters. The van der Waals surface area contributed by atoms with E-state index in [2.05, 4.69) is 20.3 Å². The van der Waals surface area contributed by atoms with Crippen LogP contribution in [0.2, 0.25) is 0 Å². The maximum Gasteiger partial charge on any atom is 0.405 e. The van der Waals surface area contributed by atoms with Crippen LogP contribution in [0.4, 0.5) is 24.1 Å². The molecule has 27 heavy (non-hydrogen) atoms. The van der Waals surface area contributed by atoms with Crippen LogP contribution in [-0.2, 0) is 0 Å². The second kappa shape index (κ2) is 7.61. The first-order chi connectivity index (χ1) is 12.7. The van der Waals surface area contributed by atoms with Crippen molar-refractivity contribution in [1.29, 1.82) is 0 Å². The molecule has 0 aromatic carbocycles. The Morgan fingerprint density at radius 3 is 2.59 bits per heavy atom. The number of hydrogen-bond acceptors (Lipinski definition) is 7. The number of amides is 1. The van der Waals surface area contributed by atoms with Gasteiger partial charge in [0.05, 0.1) is 26.8 Å². The Morgan fingerprint density at radius 1 is 1.22 bits per heavy atom. The Kier molecular flexibility index (Phi) is 5.42. The van der Waals surface area contributed by atoms with Crippen LogP contribution in [0.3, 0.4) is 0 Å². The van der Waals surface area contributed by atoms with Crippen molar-refractivity contribution in [3.63, 3.8) is 0 Å². The zero-order valence-electron chi connectivity index (χ0n) is 14.2. The summed E-state index contributed by atoms with van der Waals surface area (Å²) in [4.78, 5) is 25.6. The van der Waals surface area contributed by atoms with E-state index in [9.17, 15) is 18.0 Å². The smallest absolute Gasteiger partial charge is 0.343 e. The molecule has 6 nitrogen and oxygen atoms in total. The van der Waals surface area contributed by atoms with Crippen LogP contribution in [0, 0.1) is 13.8 Å². The van der Waals surface area contributed by atoms with Gasteiger partial charge in [0.2, 0.25) is 0 Å². The minimum absolute atomic E-state index is 0.0420. The molecule has 0 saturated heterocycles. The normalized spacial score (nSPS) is 11.4. The van der Waals surface area contributed by atoms with E-state index in [1.54, 1.807) is 16.7 Å². The van der Waals surface area contributed by atoms with Gasteiger partial charge in [-0.15, -0.1) is 22.7 Å². The van der Waals surface area contributed by atoms with E-state index in [0.29, 0.717) is 10.9 Å². The highest BCUT2D eigenvalue weighted by molar-refractivity contribution is 7.16. The number of nitrogens with one attached hydrogen (secondary N) is 2. The van der Waals surface area contributed by atoms with Gasteiger partial charge in [-0.2, -0.15) is 13.2 Å². The van der Waals surface area contributed by atoms with Crippen LogP contribution in [-0.4, -0.2) is 33.6 Å². The Hall–Kier alpha value is -2.53. The predicted octanol–water partition coefficient (Wildman–Crippen LogP) is 4.31. The summed E-state index contributed by atoms with van der Waals surface area (Å²) in [6, 6.07) is 2.90. The van der Waals surface area contributed by atoms with Gasteiger partial charge in [0.1, 0.15) is 12.4 Å². The molecule has 0 aliphatic heterocycles. The Labute approximate surface area is 160 Å². The number of carbonyl (C=O) groups excluding carboxylic acids is 1. The van der Waals surface area contributed by atoms with Crippen molar-refractivity contribution >= 4 is 39.5 Å². The van der Waals surface area contributed by atoms with Crippen LogP contribution >= 0.6 is 22.7 Å². The van der Waals surface area contributed by atoms with Crippen LogP contribution in [0.25, 0.3) is 10.6 Å². The van der Waals surface area contributed by atoms with Gasteiger partial charge in [0.25, 0.3) is 5.91 Å². The SMILES string of the molecule is Cc1nc(C)c(-c2csc(Nc3ccc(C(=O)NCC(F)(F)F)cn3)n2)s1. The molecule has 3 aromatic rings. The summed E-state index contributed by atoms with van der Waals surface area (Å²) in [5.74, 6) is -0.403. The van der Waals surface area contributed by atoms with E-state index in [1.807, 2.05) is 19.2 Å². The summed E-state index contributed by atoms with van der Waals surface area (Å²) in [6.07, 6.45) is -3.25. The average Bonchev–Trinajstić information content (AvgIpc) is 3.18. The van der Waals surface area contributed by atoms with Gasteiger partial charge in [0.15, 0.2) is 5.13 Å². The molecule has 3 aromatic heterocycles.